The van der Waals surface area contributed by atoms with Gasteiger partial charge in [-0.2, -0.15) is 0 Å². The van der Waals surface area contributed by atoms with Crippen molar-refractivity contribution in [1.82, 2.24) is 0 Å². The number of rotatable bonds is 5. The molecule has 0 spiro atoms. The zero-order chi connectivity index (χ0) is 20.9. The van der Waals surface area contributed by atoms with Gasteiger partial charge in [0.25, 0.3) is 0 Å². The van der Waals surface area contributed by atoms with Gasteiger partial charge in [-0.15, -0.1) is 0 Å². The molecule has 0 radical (unpaired) electrons. The van der Waals surface area contributed by atoms with Crippen LogP contribution in [0.25, 0.3) is 0 Å². The second-order valence-corrected chi connectivity index (χ2v) is 7.69. The molecule has 2 heterocycles. The van der Waals surface area contributed by atoms with Crippen molar-refractivity contribution in [3.05, 3.63) is 48.5 Å². The molecule has 2 aromatic rings. The van der Waals surface area contributed by atoms with Crippen molar-refractivity contribution in [1.29, 1.82) is 0 Å². The number of para-hydroxylation sites is 2. The van der Waals surface area contributed by atoms with Crippen molar-refractivity contribution < 1.29 is 14.4 Å². The van der Waals surface area contributed by atoms with Gasteiger partial charge in [-0.25, -0.2) is 0 Å². The Labute approximate surface area is 176 Å². The van der Waals surface area contributed by atoms with Gasteiger partial charge in [0.2, 0.25) is 17.7 Å². The quantitative estimate of drug-likeness (QED) is 0.798. The maximum absolute atomic E-state index is 12.6. The van der Waals surface area contributed by atoms with Gasteiger partial charge in [0.15, 0.2) is 0 Å². The molecule has 2 aliphatic heterocycles. The molecule has 2 N–H and O–H groups in total. The average Bonchev–Trinajstić information content (AvgIpc) is 2.78. The van der Waals surface area contributed by atoms with Crippen molar-refractivity contribution in [3.63, 3.8) is 0 Å². The standard InChI is InChI=1S/C23H26N4O3/c28-21(24-17-8-10-18(11-9-17)26-14-4-1-5-15-26)12-13-23(30)27-16-22(29)25-19-6-2-3-7-20(19)27/h2-3,6-11H,1,4-5,12-16H2,(H,24,28)(H,25,29). The predicted molar refractivity (Wildman–Crippen MR) is 118 cm³/mol. The van der Waals surface area contributed by atoms with Crippen LogP contribution in [0.5, 0.6) is 0 Å². The van der Waals surface area contributed by atoms with Crippen LogP contribution in [0.15, 0.2) is 48.5 Å². The first-order valence-corrected chi connectivity index (χ1v) is 10.4. The highest BCUT2D eigenvalue weighted by Gasteiger charge is 2.26. The van der Waals surface area contributed by atoms with Gasteiger partial charge in [0.1, 0.15) is 6.54 Å². The van der Waals surface area contributed by atoms with Crippen LogP contribution in [0.3, 0.4) is 0 Å². The lowest BCUT2D eigenvalue weighted by atomic mass is 10.1. The molecule has 4 rings (SSSR count). The largest absolute Gasteiger partial charge is 0.372 e. The molecular weight excluding hydrogens is 380 g/mol. The smallest absolute Gasteiger partial charge is 0.244 e. The van der Waals surface area contributed by atoms with E-state index in [0.717, 1.165) is 18.8 Å². The molecule has 7 nitrogen and oxygen atoms in total. The zero-order valence-corrected chi connectivity index (χ0v) is 16.9. The summed E-state index contributed by atoms with van der Waals surface area (Å²) >= 11 is 0. The van der Waals surface area contributed by atoms with Gasteiger partial charge in [0, 0.05) is 37.3 Å². The Morgan fingerprint density at radius 3 is 2.43 bits per heavy atom. The normalized spacial score (nSPS) is 15.9. The van der Waals surface area contributed by atoms with Gasteiger partial charge in [0.05, 0.1) is 11.4 Å². The third kappa shape index (κ3) is 4.62. The highest BCUT2D eigenvalue weighted by Crippen LogP contribution is 2.29. The second kappa shape index (κ2) is 8.98. The van der Waals surface area contributed by atoms with Gasteiger partial charge < -0.3 is 20.4 Å². The second-order valence-electron chi connectivity index (χ2n) is 7.69. The van der Waals surface area contributed by atoms with E-state index in [2.05, 4.69) is 15.5 Å². The molecule has 156 valence electrons. The molecule has 30 heavy (non-hydrogen) atoms. The Hall–Kier alpha value is -3.35. The van der Waals surface area contributed by atoms with E-state index >= 15 is 0 Å². The van der Waals surface area contributed by atoms with Gasteiger partial charge in [-0.05, 0) is 55.7 Å². The average molecular weight is 406 g/mol. The van der Waals surface area contributed by atoms with Crippen molar-refractivity contribution in [3.8, 4) is 0 Å². The maximum Gasteiger partial charge on any atom is 0.244 e. The molecule has 7 heteroatoms. The van der Waals surface area contributed by atoms with Crippen molar-refractivity contribution in [2.45, 2.75) is 32.1 Å². The Bertz CT molecular complexity index is 936. The first-order valence-electron chi connectivity index (χ1n) is 10.4. The molecule has 0 aliphatic carbocycles. The number of piperidine rings is 1. The van der Waals surface area contributed by atoms with Gasteiger partial charge in [-0.3, -0.25) is 14.4 Å². The minimum absolute atomic E-state index is 0.0323. The van der Waals surface area contributed by atoms with Crippen molar-refractivity contribution >= 4 is 40.5 Å². The van der Waals surface area contributed by atoms with E-state index in [9.17, 15) is 14.4 Å². The number of hydrogen-bond acceptors (Lipinski definition) is 4. The van der Waals surface area contributed by atoms with E-state index in [0.29, 0.717) is 11.4 Å². The first-order chi connectivity index (χ1) is 14.6. The van der Waals surface area contributed by atoms with Crippen LogP contribution < -0.4 is 20.4 Å². The highest BCUT2D eigenvalue weighted by atomic mass is 16.2. The predicted octanol–water partition coefficient (Wildman–Crippen LogP) is 3.38. The summed E-state index contributed by atoms with van der Waals surface area (Å²) in [5, 5.41) is 5.61. The maximum atomic E-state index is 12.6. The number of carbonyl (C=O) groups is 3. The van der Waals surface area contributed by atoms with Crippen LogP contribution in [0.2, 0.25) is 0 Å². The molecule has 2 aromatic carbocycles. The number of fused-ring (bicyclic) bond motifs is 1. The van der Waals surface area contributed by atoms with Crippen molar-refractivity contribution in [2.75, 3.05) is 40.1 Å². The van der Waals surface area contributed by atoms with Crippen molar-refractivity contribution in [2.24, 2.45) is 0 Å². The summed E-state index contributed by atoms with van der Waals surface area (Å²) in [6.07, 6.45) is 3.83. The van der Waals surface area contributed by atoms with Crippen LogP contribution in [-0.2, 0) is 14.4 Å². The Morgan fingerprint density at radius 1 is 0.933 bits per heavy atom. The molecule has 0 bridgehead atoms. The van der Waals surface area contributed by atoms with E-state index in [1.807, 2.05) is 30.3 Å². The molecule has 0 unspecified atom stereocenters. The summed E-state index contributed by atoms with van der Waals surface area (Å²) in [6, 6.07) is 15.0. The third-order valence-electron chi connectivity index (χ3n) is 5.51. The highest BCUT2D eigenvalue weighted by molar-refractivity contribution is 6.10. The number of anilines is 4. The van der Waals surface area contributed by atoms with Crippen LogP contribution in [0.4, 0.5) is 22.7 Å². The fraction of sp³-hybridized carbons (Fsp3) is 0.348. The lowest BCUT2D eigenvalue weighted by Gasteiger charge is -2.29. The van der Waals surface area contributed by atoms with Crippen LogP contribution in [0.1, 0.15) is 32.1 Å². The molecule has 1 fully saturated rings. The molecule has 2 aliphatic rings. The number of hydrogen-bond donors (Lipinski definition) is 2. The zero-order valence-electron chi connectivity index (χ0n) is 16.9. The molecule has 3 amide bonds. The number of nitrogens with zero attached hydrogens (tertiary/aromatic N) is 2. The molecule has 1 saturated heterocycles. The first kappa shape index (κ1) is 19.9. The Kier molecular flexibility index (Phi) is 5.97. The minimum atomic E-state index is -0.243. The fourth-order valence-corrected chi connectivity index (χ4v) is 3.94. The summed E-state index contributed by atoms with van der Waals surface area (Å²) in [7, 11) is 0. The number of benzene rings is 2. The molecule has 0 saturated carbocycles. The van der Waals surface area contributed by atoms with E-state index in [1.54, 1.807) is 18.2 Å². The minimum Gasteiger partial charge on any atom is -0.372 e. The number of nitrogens with one attached hydrogen (secondary N) is 2. The third-order valence-corrected chi connectivity index (χ3v) is 5.51. The summed E-state index contributed by atoms with van der Waals surface area (Å²) in [5.74, 6) is -0.697. The van der Waals surface area contributed by atoms with Gasteiger partial charge >= 0.3 is 0 Å². The van der Waals surface area contributed by atoms with E-state index in [-0.39, 0.29) is 37.1 Å². The van der Waals surface area contributed by atoms with Crippen LogP contribution in [-0.4, -0.2) is 37.4 Å². The SMILES string of the molecule is O=C(CCC(=O)N1CC(=O)Nc2ccccc21)Nc1ccc(N2CCCCC2)cc1. The van der Waals surface area contributed by atoms with Gasteiger partial charge in [-0.1, -0.05) is 12.1 Å². The fourth-order valence-electron chi connectivity index (χ4n) is 3.94. The molecule has 0 aromatic heterocycles. The van der Waals surface area contributed by atoms with Crippen LogP contribution in [0, 0.1) is 0 Å². The summed E-state index contributed by atoms with van der Waals surface area (Å²) in [5.41, 5.74) is 3.16. The topological polar surface area (TPSA) is 81.8 Å². The molecular formula is C23H26N4O3. The van der Waals surface area contributed by atoms with E-state index < -0.39 is 0 Å². The van der Waals surface area contributed by atoms with E-state index in [1.165, 1.54) is 29.8 Å². The number of carbonyl (C=O) groups excluding carboxylic acids is 3. The summed E-state index contributed by atoms with van der Waals surface area (Å²) < 4.78 is 0. The number of amides is 3. The Balaban J connectivity index is 1.30. The lowest BCUT2D eigenvalue weighted by Crippen LogP contribution is -2.42. The van der Waals surface area contributed by atoms with E-state index in [4.69, 9.17) is 0 Å². The van der Waals surface area contributed by atoms with Crippen LogP contribution >= 0.6 is 0 Å². The summed E-state index contributed by atoms with van der Waals surface area (Å²) in [4.78, 5) is 40.6. The molecule has 0 atom stereocenters. The Morgan fingerprint density at radius 2 is 1.67 bits per heavy atom. The summed E-state index contributed by atoms with van der Waals surface area (Å²) in [6.45, 7) is 2.12. The monoisotopic (exact) mass is 406 g/mol. The lowest BCUT2D eigenvalue weighted by molar-refractivity contribution is -0.124.